The van der Waals surface area contributed by atoms with Gasteiger partial charge in [0.15, 0.2) is 0 Å². The monoisotopic (exact) mass is 488 g/mol. The topological polar surface area (TPSA) is 217 Å². The van der Waals surface area contributed by atoms with Crippen LogP contribution in [0.5, 0.6) is 0 Å². The smallest absolute Gasteiger partial charge is 0.326 e. The molecule has 3 amide bonds. The summed E-state index contributed by atoms with van der Waals surface area (Å²) in [5, 5.41) is 25.8. The molecule has 0 spiro atoms. The fourth-order valence-electron chi connectivity index (χ4n) is 3.11. The zero-order valence-electron chi connectivity index (χ0n) is 18.9. The molecule has 0 radical (unpaired) electrons. The maximum Gasteiger partial charge on any atom is 0.326 e. The number of carboxylic acid groups (broad SMARTS) is 2. The van der Waals surface area contributed by atoms with Gasteiger partial charge in [-0.2, -0.15) is 0 Å². The summed E-state index contributed by atoms with van der Waals surface area (Å²) in [4.78, 5) is 67.4. The molecule has 8 N–H and O–H groups in total. The Morgan fingerprint density at radius 2 is 1.51 bits per heavy atom. The van der Waals surface area contributed by atoms with Crippen LogP contribution in [0.15, 0.2) is 42.9 Å². The minimum absolute atomic E-state index is 0.0180. The molecule has 2 aromatic rings. The third kappa shape index (κ3) is 8.89. The largest absolute Gasteiger partial charge is 0.481 e. The number of nitrogens with two attached hydrogens (primary N) is 1. The van der Waals surface area contributed by atoms with E-state index in [2.05, 4.69) is 25.9 Å². The van der Waals surface area contributed by atoms with Crippen molar-refractivity contribution < 1.29 is 34.2 Å². The number of benzene rings is 1. The Bertz CT molecular complexity index is 1030. The lowest BCUT2D eigenvalue weighted by Gasteiger charge is -2.24. The van der Waals surface area contributed by atoms with Crippen LogP contribution < -0.4 is 21.7 Å². The molecule has 0 bridgehead atoms. The first-order chi connectivity index (χ1) is 16.6. The molecule has 1 heterocycles. The van der Waals surface area contributed by atoms with Gasteiger partial charge in [-0.25, -0.2) is 9.78 Å². The third-order valence-corrected chi connectivity index (χ3v) is 4.93. The number of nitrogens with one attached hydrogen (secondary N) is 4. The summed E-state index contributed by atoms with van der Waals surface area (Å²) in [6, 6.07) is 3.52. The summed E-state index contributed by atoms with van der Waals surface area (Å²) < 4.78 is 0. The number of nitrogens with zero attached hydrogens (tertiary/aromatic N) is 1. The molecule has 35 heavy (non-hydrogen) atoms. The summed E-state index contributed by atoms with van der Waals surface area (Å²) in [6.07, 6.45) is 1.94. The standard InChI is InChI=1S/C22H28N6O7/c1-12(23)19(31)26-16(9-18(29)30)21(33)27-15(7-13-5-3-2-4-6-13)20(32)28-17(22(34)35)8-14-10-24-11-25-14/h2-6,10-12,15-17H,7-9,23H2,1H3,(H,24,25)(H,26,31)(H,27,33)(H,28,32)(H,29,30)(H,34,35). The van der Waals surface area contributed by atoms with Gasteiger partial charge in [0.25, 0.3) is 0 Å². The summed E-state index contributed by atoms with van der Waals surface area (Å²) in [6.45, 7) is 1.36. The van der Waals surface area contributed by atoms with E-state index in [1.165, 1.54) is 19.4 Å². The number of hydrogen-bond donors (Lipinski definition) is 7. The van der Waals surface area contributed by atoms with E-state index in [4.69, 9.17) is 10.8 Å². The Labute approximate surface area is 200 Å². The molecule has 1 aromatic carbocycles. The average molecular weight is 489 g/mol. The zero-order chi connectivity index (χ0) is 26.0. The zero-order valence-corrected chi connectivity index (χ0v) is 18.9. The van der Waals surface area contributed by atoms with Crippen LogP contribution >= 0.6 is 0 Å². The van der Waals surface area contributed by atoms with Crippen LogP contribution in [0.2, 0.25) is 0 Å². The fraction of sp³-hybridized carbons (Fsp3) is 0.364. The molecule has 1 aromatic heterocycles. The molecule has 2 rings (SSSR count). The second-order valence-electron chi connectivity index (χ2n) is 7.88. The molecule has 188 valence electrons. The first-order valence-electron chi connectivity index (χ1n) is 10.7. The van der Waals surface area contributed by atoms with Gasteiger partial charge in [0.1, 0.15) is 18.1 Å². The van der Waals surface area contributed by atoms with Crippen molar-refractivity contribution in [2.75, 3.05) is 0 Å². The van der Waals surface area contributed by atoms with Gasteiger partial charge in [-0.05, 0) is 12.5 Å². The number of amides is 3. The molecule has 13 nitrogen and oxygen atoms in total. The summed E-state index contributed by atoms with van der Waals surface area (Å²) in [5.41, 5.74) is 6.62. The number of rotatable bonds is 13. The fourth-order valence-corrected chi connectivity index (χ4v) is 3.11. The summed E-state index contributed by atoms with van der Waals surface area (Å²) in [5.74, 6) is -5.14. The quantitative estimate of drug-likeness (QED) is 0.175. The van der Waals surface area contributed by atoms with E-state index < -0.39 is 60.2 Å². The summed E-state index contributed by atoms with van der Waals surface area (Å²) in [7, 11) is 0. The second kappa shape index (κ2) is 12.8. The summed E-state index contributed by atoms with van der Waals surface area (Å²) >= 11 is 0. The highest BCUT2D eigenvalue weighted by molar-refractivity contribution is 5.95. The van der Waals surface area contributed by atoms with Crippen LogP contribution in [0.1, 0.15) is 24.6 Å². The Kier molecular flexibility index (Phi) is 9.90. The van der Waals surface area contributed by atoms with Gasteiger partial charge in [-0.1, -0.05) is 30.3 Å². The van der Waals surface area contributed by atoms with Crippen LogP contribution in [-0.2, 0) is 36.8 Å². The average Bonchev–Trinajstić information content (AvgIpc) is 3.31. The van der Waals surface area contributed by atoms with Gasteiger partial charge in [0.05, 0.1) is 18.8 Å². The Balaban J connectivity index is 2.23. The number of aromatic amines is 1. The molecule has 4 unspecified atom stereocenters. The Hall–Kier alpha value is -4.26. The van der Waals surface area contributed by atoms with Gasteiger partial charge < -0.3 is 36.9 Å². The van der Waals surface area contributed by atoms with Crippen LogP contribution in [-0.4, -0.2) is 74.0 Å². The number of carboxylic acids is 2. The van der Waals surface area contributed by atoms with Crippen molar-refractivity contribution in [3.8, 4) is 0 Å². The lowest BCUT2D eigenvalue weighted by Crippen LogP contribution is -2.58. The maximum absolute atomic E-state index is 13.1. The molecule has 0 aliphatic heterocycles. The van der Waals surface area contributed by atoms with Crippen molar-refractivity contribution in [3.63, 3.8) is 0 Å². The molecule has 0 aliphatic carbocycles. The first kappa shape index (κ1) is 27.0. The minimum Gasteiger partial charge on any atom is -0.481 e. The number of aliphatic carboxylic acids is 2. The van der Waals surface area contributed by atoms with Crippen molar-refractivity contribution in [2.45, 2.75) is 50.4 Å². The van der Waals surface area contributed by atoms with Gasteiger partial charge in [0, 0.05) is 24.7 Å². The van der Waals surface area contributed by atoms with E-state index in [0.717, 1.165) is 0 Å². The van der Waals surface area contributed by atoms with Crippen LogP contribution in [0.25, 0.3) is 0 Å². The van der Waals surface area contributed by atoms with Gasteiger partial charge in [0.2, 0.25) is 17.7 Å². The molecule has 4 atom stereocenters. The molecule has 13 heteroatoms. The van der Waals surface area contributed by atoms with Crippen LogP contribution in [0.4, 0.5) is 0 Å². The highest BCUT2D eigenvalue weighted by Gasteiger charge is 2.31. The van der Waals surface area contributed by atoms with E-state index in [1.807, 2.05) is 0 Å². The molecule has 0 aliphatic rings. The van der Waals surface area contributed by atoms with E-state index in [-0.39, 0.29) is 12.8 Å². The molecular formula is C22H28N6O7. The van der Waals surface area contributed by atoms with Crippen molar-refractivity contribution in [1.82, 2.24) is 25.9 Å². The molecule has 0 saturated heterocycles. The van der Waals surface area contributed by atoms with Gasteiger partial charge in [-0.15, -0.1) is 0 Å². The maximum atomic E-state index is 13.1. The highest BCUT2D eigenvalue weighted by Crippen LogP contribution is 2.07. The highest BCUT2D eigenvalue weighted by atomic mass is 16.4. The number of carbonyl (C=O) groups is 5. The number of H-pyrrole nitrogens is 1. The molecular weight excluding hydrogens is 460 g/mol. The lowest BCUT2D eigenvalue weighted by molar-refractivity contribution is -0.143. The van der Waals surface area contributed by atoms with Crippen LogP contribution in [0, 0.1) is 0 Å². The van der Waals surface area contributed by atoms with Gasteiger partial charge in [-0.3, -0.25) is 19.2 Å². The van der Waals surface area contributed by atoms with E-state index in [0.29, 0.717) is 11.3 Å². The number of imidazole rings is 1. The van der Waals surface area contributed by atoms with E-state index >= 15 is 0 Å². The first-order valence-corrected chi connectivity index (χ1v) is 10.7. The van der Waals surface area contributed by atoms with Crippen molar-refractivity contribution in [2.24, 2.45) is 5.73 Å². The lowest BCUT2D eigenvalue weighted by atomic mass is 10.0. The van der Waals surface area contributed by atoms with Crippen molar-refractivity contribution in [3.05, 3.63) is 54.1 Å². The Morgan fingerprint density at radius 3 is 2.06 bits per heavy atom. The van der Waals surface area contributed by atoms with Crippen LogP contribution in [0.3, 0.4) is 0 Å². The second-order valence-corrected chi connectivity index (χ2v) is 7.88. The number of aromatic nitrogens is 2. The van der Waals surface area contributed by atoms with Crippen molar-refractivity contribution >= 4 is 29.7 Å². The minimum atomic E-state index is -1.50. The molecule has 0 saturated carbocycles. The van der Waals surface area contributed by atoms with Crippen molar-refractivity contribution in [1.29, 1.82) is 0 Å². The van der Waals surface area contributed by atoms with E-state index in [9.17, 15) is 29.1 Å². The number of carbonyl (C=O) groups excluding carboxylic acids is 3. The predicted molar refractivity (Wildman–Crippen MR) is 122 cm³/mol. The third-order valence-electron chi connectivity index (χ3n) is 4.93. The van der Waals surface area contributed by atoms with Gasteiger partial charge >= 0.3 is 11.9 Å². The Morgan fingerprint density at radius 1 is 0.914 bits per heavy atom. The number of hydrogen-bond acceptors (Lipinski definition) is 7. The predicted octanol–water partition coefficient (Wildman–Crippen LogP) is -1.44. The van der Waals surface area contributed by atoms with E-state index in [1.54, 1.807) is 30.3 Å². The SMILES string of the molecule is CC(N)C(=O)NC(CC(=O)O)C(=O)NC(Cc1ccccc1)C(=O)NC(Cc1cnc[nH]1)C(=O)O. The normalized spacial score (nSPS) is 14.1. The molecule has 0 fully saturated rings.